The highest BCUT2D eigenvalue weighted by atomic mass is 19.1. The van der Waals surface area contributed by atoms with Crippen molar-refractivity contribution in [3.8, 4) is 11.1 Å². The van der Waals surface area contributed by atoms with Crippen molar-refractivity contribution in [3.63, 3.8) is 0 Å². The molecule has 9 heteroatoms. The van der Waals surface area contributed by atoms with Gasteiger partial charge < -0.3 is 25.8 Å². The molecule has 3 aliphatic heterocycles. The molecule has 2 fully saturated rings. The van der Waals surface area contributed by atoms with Gasteiger partial charge in [0.25, 0.3) is 0 Å². The van der Waals surface area contributed by atoms with Crippen LogP contribution in [0.3, 0.4) is 0 Å². The Morgan fingerprint density at radius 2 is 1.74 bits per heavy atom. The van der Waals surface area contributed by atoms with Crippen LogP contribution >= 0.6 is 0 Å². The maximum atomic E-state index is 14.8. The fourth-order valence-electron chi connectivity index (χ4n) is 6.86. The molecule has 46 heavy (non-hydrogen) atoms. The number of halogens is 1. The molecule has 0 radical (unpaired) electrons. The Balaban J connectivity index is 1.28. The molecule has 3 amide bonds. The lowest BCUT2D eigenvalue weighted by Gasteiger charge is -2.40. The normalized spacial score (nSPS) is 21.7. The quantitative estimate of drug-likeness (QED) is 0.355. The second kappa shape index (κ2) is 13.3. The van der Waals surface area contributed by atoms with Crippen molar-refractivity contribution >= 4 is 29.0 Å². The number of carbonyl (C=O) groups excluding carboxylic acids is 3. The van der Waals surface area contributed by atoms with E-state index in [2.05, 4.69) is 22.5 Å². The number of hydrogen-bond donors (Lipinski definition) is 3. The van der Waals surface area contributed by atoms with Crippen LogP contribution in [0.5, 0.6) is 0 Å². The molecule has 8 nitrogen and oxygen atoms in total. The highest BCUT2D eigenvalue weighted by Gasteiger charge is 2.44. The van der Waals surface area contributed by atoms with Crippen molar-refractivity contribution in [1.29, 1.82) is 0 Å². The van der Waals surface area contributed by atoms with E-state index in [0.717, 1.165) is 46.5 Å². The van der Waals surface area contributed by atoms with Gasteiger partial charge in [0.1, 0.15) is 11.9 Å². The minimum absolute atomic E-state index is 0.0712. The van der Waals surface area contributed by atoms with Crippen LogP contribution in [0, 0.1) is 5.82 Å². The van der Waals surface area contributed by atoms with Crippen LogP contribution in [-0.2, 0) is 20.8 Å². The third kappa shape index (κ3) is 6.20. The van der Waals surface area contributed by atoms with Crippen molar-refractivity contribution in [1.82, 2.24) is 20.4 Å². The summed E-state index contributed by atoms with van der Waals surface area (Å²) in [6.45, 7) is 6.65. The molecule has 3 aromatic carbocycles. The lowest BCUT2D eigenvalue weighted by Crippen LogP contribution is -2.61. The first-order valence-corrected chi connectivity index (χ1v) is 15.9. The maximum Gasteiger partial charge on any atom is 0.247 e. The second-order valence-corrected chi connectivity index (χ2v) is 12.3. The predicted octanol–water partition coefficient (Wildman–Crippen LogP) is 4.74. The molecule has 238 valence electrons. The number of nitrogens with zero attached hydrogens (tertiary/aromatic N) is 2. The third-order valence-electron chi connectivity index (χ3n) is 9.40. The van der Waals surface area contributed by atoms with Crippen molar-refractivity contribution in [2.45, 2.75) is 56.8 Å². The van der Waals surface area contributed by atoms with Crippen molar-refractivity contribution < 1.29 is 18.8 Å². The van der Waals surface area contributed by atoms with Crippen LogP contribution in [0.25, 0.3) is 16.7 Å². The predicted molar refractivity (Wildman–Crippen MR) is 178 cm³/mol. The lowest BCUT2D eigenvalue weighted by atomic mass is 9.89. The highest BCUT2D eigenvalue weighted by Crippen LogP contribution is 2.42. The maximum absolute atomic E-state index is 14.8. The number of hydrogen-bond acceptors (Lipinski definition) is 5. The van der Waals surface area contributed by atoms with Crippen LogP contribution in [-0.4, -0.2) is 71.8 Å². The number of fused-ring (bicyclic) bond motifs is 2. The fourth-order valence-corrected chi connectivity index (χ4v) is 6.86. The topological polar surface area (TPSA) is 93.8 Å². The fraction of sp³-hybridized carbons (Fsp3) is 0.324. The molecule has 3 N–H and O–H groups in total. The zero-order chi connectivity index (χ0) is 32.4. The first kappa shape index (κ1) is 31.2. The Bertz CT molecular complexity index is 1690. The summed E-state index contributed by atoms with van der Waals surface area (Å²) < 4.78 is 14.8. The average molecular weight is 622 g/mol. The summed E-state index contributed by atoms with van der Waals surface area (Å²) in [5.41, 5.74) is 5.35. The first-order valence-electron chi connectivity index (χ1n) is 15.9. The van der Waals surface area contributed by atoms with Crippen molar-refractivity contribution in [2.24, 2.45) is 0 Å². The van der Waals surface area contributed by atoms with Crippen molar-refractivity contribution in [2.75, 3.05) is 25.5 Å². The molecule has 6 rings (SSSR count). The number of benzene rings is 3. The summed E-state index contributed by atoms with van der Waals surface area (Å²) in [4.78, 5) is 44.6. The molecule has 4 atom stereocenters. The summed E-state index contributed by atoms with van der Waals surface area (Å²) in [5, 5.41) is 9.43. The Labute approximate surface area is 269 Å². The van der Waals surface area contributed by atoms with E-state index >= 15 is 0 Å². The summed E-state index contributed by atoms with van der Waals surface area (Å²) in [5.74, 6) is -0.888. The molecular weight excluding hydrogens is 581 g/mol. The van der Waals surface area contributed by atoms with Gasteiger partial charge in [-0.2, -0.15) is 0 Å². The number of likely N-dealkylation sites (N-methyl/N-ethyl adjacent to an activating group) is 1. The minimum Gasteiger partial charge on any atom is -0.357 e. The highest BCUT2D eigenvalue weighted by molar-refractivity contribution is 5.95. The SMILES string of the molecule is C=C1C=C(C2CC[C@@H]3CCN(C(=O)Cc4ccccc4)CC(NC(=O)C(C)NC)C(=O)N23)Nc2cccc(-c3ccccc3F)c21. The standard InChI is InChI=1S/C37H40FN5O3/c1-23-20-31(40-30-15-9-13-28(35(23)30)27-12-7-8-14-29(27)38)33-17-16-26-18-19-42(34(44)21-25-10-5-4-6-11-25)22-32(37(46)43(26)33)41-36(45)24(2)39-3/h4-15,20,24,26,32-33,39-40H,1,16-19,21-22H2,2-3H3,(H,41,45)/t24?,26-,32?,33?/m1/s1. The molecule has 0 aromatic heterocycles. The number of allylic oxidation sites excluding steroid dienone is 2. The number of carbonyl (C=O) groups is 3. The molecule has 3 aliphatic rings. The van der Waals surface area contributed by atoms with E-state index in [1.807, 2.05) is 65.6 Å². The number of rotatable bonds is 7. The van der Waals surface area contributed by atoms with Gasteiger partial charge in [0.2, 0.25) is 17.7 Å². The van der Waals surface area contributed by atoms with Gasteiger partial charge >= 0.3 is 0 Å². The van der Waals surface area contributed by atoms with Crippen molar-refractivity contribution in [3.05, 3.63) is 108 Å². The van der Waals surface area contributed by atoms with Gasteiger partial charge in [-0.25, -0.2) is 4.39 Å². The Hall–Kier alpha value is -4.76. The number of amides is 3. The minimum atomic E-state index is -0.904. The van der Waals surface area contributed by atoms with E-state index < -0.39 is 12.1 Å². The van der Waals surface area contributed by atoms with E-state index in [-0.39, 0.29) is 48.6 Å². The van der Waals surface area contributed by atoms with Gasteiger partial charge in [-0.3, -0.25) is 14.4 Å². The first-order chi connectivity index (χ1) is 22.2. The molecule has 3 heterocycles. The van der Waals surface area contributed by atoms with Gasteiger partial charge in [0, 0.05) is 41.6 Å². The molecule has 0 spiro atoms. The third-order valence-corrected chi connectivity index (χ3v) is 9.40. The molecular formula is C37H40FN5O3. The van der Waals surface area contributed by atoms with E-state index in [1.165, 1.54) is 6.07 Å². The molecule has 3 aromatic rings. The van der Waals surface area contributed by atoms with E-state index in [0.29, 0.717) is 18.5 Å². The summed E-state index contributed by atoms with van der Waals surface area (Å²) in [6, 6.07) is 20.2. The number of anilines is 1. The van der Waals surface area contributed by atoms with Crippen LogP contribution in [0.4, 0.5) is 10.1 Å². The van der Waals surface area contributed by atoms with Crippen LogP contribution < -0.4 is 16.0 Å². The summed E-state index contributed by atoms with van der Waals surface area (Å²) in [6.07, 6.45) is 4.30. The molecule has 0 bridgehead atoms. The smallest absolute Gasteiger partial charge is 0.247 e. The largest absolute Gasteiger partial charge is 0.357 e. The van der Waals surface area contributed by atoms with E-state index in [9.17, 15) is 18.8 Å². The average Bonchev–Trinajstić information content (AvgIpc) is 3.48. The lowest BCUT2D eigenvalue weighted by molar-refractivity contribution is -0.143. The van der Waals surface area contributed by atoms with Gasteiger partial charge in [0.05, 0.1) is 18.5 Å². The second-order valence-electron chi connectivity index (χ2n) is 12.3. The molecule has 0 saturated carbocycles. The van der Waals surface area contributed by atoms with E-state index in [1.54, 1.807) is 31.0 Å². The summed E-state index contributed by atoms with van der Waals surface area (Å²) >= 11 is 0. The molecule has 0 aliphatic carbocycles. The van der Waals surface area contributed by atoms with Crippen LogP contribution in [0.1, 0.15) is 37.3 Å². The Morgan fingerprint density at radius 1 is 1.00 bits per heavy atom. The van der Waals surface area contributed by atoms with Gasteiger partial charge in [-0.1, -0.05) is 67.2 Å². The monoisotopic (exact) mass is 621 g/mol. The Kier molecular flexibility index (Phi) is 9.03. The van der Waals surface area contributed by atoms with Crippen LogP contribution in [0.2, 0.25) is 0 Å². The zero-order valence-corrected chi connectivity index (χ0v) is 26.3. The van der Waals surface area contributed by atoms with E-state index in [4.69, 9.17) is 0 Å². The van der Waals surface area contributed by atoms with Gasteiger partial charge in [0.15, 0.2) is 0 Å². The number of nitrogens with one attached hydrogen (secondary N) is 3. The zero-order valence-electron chi connectivity index (χ0n) is 26.3. The van der Waals surface area contributed by atoms with Crippen LogP contribution in [0.15, 0.2) is 91.1 Å². The molecule has 2 saturated heterocycles. The van der Waals surface area contributed by atoms with Gasteiger partial charge in [-0.05, 0) is 68.1 Å². The Morgan fingerprint density at radius 3 is 2.50 bits per heavy atom. The van der Waals surface area contributed by atoms with Gasteiger partial charge in [-0.15, -0.1) is 0 Å². The summed E-state index contributed by atoms with van der Waals surface area (Å²) in [7, 11) is 1.69. The molecule has 3 unspecified atom stereocenters.